The molecule has 0 bridgehead atoms. The fraction of sp³-hybridized carbons (Fsp3) is 0.583. The standard InChI is InChI=1S/C12H17NOS/c1-8(2)13-12(14)11-7-9-5-3-4-6-10(9)15-11/h7-8H,3-6H2,1-2H3,(H,13,14). The average molecular weight is 223 g/mol. The summed E-state index contributed by atoms with van der Waals surface area (Å²) in [5, 5.41) is 2.94. The first kappa shape index (κ1) is 10.7. The molecule has 1 aliphatic carbocycles. The summed E-state index contributed by atoms with van der Waals surface area (Å²) < 4.78 is 0. The number of amides is 1. The number of hydrogen-bond donors (Lipinski definition) is 1. The molecular formula is C12H17NOS. The van der Waals surface area contributed by atoms with Gasteiger partial charge in [0, 0.05) is 10.9 Å². The number of thiophene rings is 1. The molecule has 1 aromatic rings. The summed E-state index contributed by atoms with van der Waals surface area (Å²) in [7, 11) is 0. The van der Waals surface area contributed by atoms with Crippen molar-refractivity contribution >= 4 is 17.2 Å². The molecule has 0 aromatic carbocycles. The predicted molar refractivity (Wildman–Crippen MR) is 63.6 cm³/mol. The van der Waals surface area contributed by atoms with Crippen LogP contribution in [-0.4, -0.2) is 11.9 Å². The van der Waals surface area contributed by atoms with Crippen LogP contribution < -0.4 is 5.32 Å². The third kappa shape index (κ3) is 2.40. The highest BCUT2D eigenvalue weighted by molar-refractivity contribution is 7.14. The van der Waals surface area contributed by atoms with E-state index in [0.29, 0.717) is 0 Å². The van der Waals surface area contributed by atoms with Gasteiger partial charge in [0.25, 0.3) is 5.91 Å². The fourth-order valence-corrected chi connectivity index (χ4v) is 3.09. The number of carbonyl (C=O) groups is 1. The molecule has 0 saturated heterocycles. The van der Waals surface area contributed by atoms with Gasteiger partial charge in [0.15, 0.2) is 0 Å². The number of fused-ring (bicyclic) bond motifs is 1. The lowest BCUT2D eigenvalue weighted by molar-refractivity contribution is 0.0947. The molecule has 3 heteroatoms. The van der Waals surface area contributed by atoms with Crippen molar-refractivity contribution in [3.63, 3.8) is 0 Å². The Kier molecular flexibility index (Phi) is 3.10. The van der Waals surface area contributed by atoms with Crippen molar-refractivity contribution in [2.75, 3.05) is 0 Å². The molecule has 0 unspecified atom stereocenters. The Hall–Kier alpha value is -0.830. The molecule has 82 valence electrons. The molecular weight excluding hydrogens is 206 g/mol. The first-order valence-electron chi connectivity index (χ1n) is 5.59. The zero-order valence-corrected chi connectivity index (χ0v) is 10.1. The highest BCUT2D eigenvalue weighted by Gasteiger charge is 2.17. The number of hydrogen-bond acceptors (Lipinski definition) is 2. The summed E-state index contributed by atoms with van der Waals surface area (Å²) in [6, 6.07) is 2.30. The van der Waals surface area contributed by atoms with E-state index < -0.39 is 0 Å². The van der Waals surface area contributed by atoms with Crippen molar-refractivity contribution in [2.45, 2.75) is 45.6 Å². The summed E-state index contributed by atoms with van der Waals surface area (Å²) in [6.45, 7) is 3.98. The number of nitrogens with one attached hydrogen (secondary N) is 1. The van der Waals surface area contributed by atoms with Gasteiger partial charge in [-0.1, -0.05) is 0 Å². The molecule has 2 rings (SSSR count). The van der Waals surface area contributed by atoms with Crippen molar-refractivity contribution in [1.82, 2.24) is 5.32 Å². The molecule has 1 amide bonds. The topological polar surface area (TPSA) is 29.1 Å². The largest absolute Gasteiger partial charge is 0.349 e. The number of aryl methyl sites for hydroxylation is 2. The van der Waals surface area contributed by atoms with E-state index in [-0.39, 0.29) is 11.9 Å². The molecule has 0 aliphatic heterocycles. The minimum Gasteiger partial charge on any atom is -0.349 e. The van der Waals surface area contributed by atoms with Gasteiger partial charge in [-0.15, -0.1) is 11.3 Å². The Morgan fingerprint density at radius 2 is 2.13 bits per heavy atom. The van der Waals surface area contributed by atoms with Gasteiger partial charge in [-0.05, 0) is 51.2 Å². The third-order valence-corrected chi connectivity index (χ3v) is 3.88. The van der Waals surface area contributed by atoms with Gasteiger partial charge in [0.2, 0.25) is 0 Å². The van der Waals surface area contributed by atoms with Crippen LogP contribution in [0.4, 0.5) is 0 Å². The van der Waals surface area contributed by atoms with Gasteiger partial charge in [-0.2, -0.15) is 0 Å². The summed E-state index contributed by atoms with van der Waals surface area (Å²) in [5.41, 5.74) is 1.40. The molecule has 1 N–H and O–H groups in total. The number of carbonyl (C=O) groups excluding carboxylic acids is 1. The van der Waals surface area contributed by atoms with E-state index in [1.807, 2.05) is 13.8 Å². The second-order valence-corrected chi connectivity index (χ2v) is 5.53. The van der Waals surface area contributed by atoms with E-state index >= 15 is 0 Å². The van der Waals surface area contributed by atoms with Crippen molar-refractivity contribution in [1.29, 1.82) is 0 Å². The van der Waals surface area contributed by atoms with E-state index in [0.717, 1.165) is 17.7 Å². The van der Waals surface area contributed by atoms with Crippen LogP contribution in [0, 0.1) is 0 Å². The molecule has 2 nitrogen and oxygen atoms in total. The maximum Gasteiger partial charge on any atom is 0.261 e. The zero-order chi connectivity index (χ0) is 10.8. The normalized spacial score (nSPS) is 15.1. The average Bonchev–Trinajstić information content (AvgIpc) is 2.59. The molecule has 1 aliphatic rings. The van der Waals surface area contributed by atoms with E-state index in [4.69, 9.17) is 0 Å². The minimum atomic E-state index is 0.0874. The lowest BCUT2D eigenvalue weighted by atomic mass is 9.99. The first-order valence-corrected chi connectivity index (χ1v) is 6.41. The van der Waals surface area contributed by atoms with Crippen LogP contribution in [0.3, 0.4) is 0 Å². The van der Waals surface area contributed by atoms with Gasteiger partial charge < -0.3 is 5.32 Å². The van der Waals surface area contributed by atoms with E-state index in [9.17, 15) is 4.79 Å². The smallest absolute Gasteiger partial charge is 0.261 e. The van der Waals surface area contributed by atoms with Gasteiger partial charge in [-0.3, -0.25) is 4.79 Å². The van der Waals surface area contributed by atoms with Gasteiger partial charge in [0.05, 0.1) is 4.88 Å². The summed E-state index contributed by atoms with van der Waals surface area (Å²) >= 11 is 1.67. The summed E-state index contributed by atoms with van der Waals surface area (Å²) in [6.07, 6.45) is 4.86. The molecule has 0 atom stereocenters. The summed E-state index contributed by atoms with van der Waals surface area (Å²) in [5.74, 6) is 0.0874. The van der Waals surface area contributed by atoms with Crippen molar-refractivity contribution < 1.29 is 4.79 Å². The highest BCUT2D eigenvalue weighted by Crippen LogP contribution is 2.29. The molecule has 1 heterocycles. The van der Waals surface area contributed by atoms with Crippen LogP contribution in [0.1, 0.15) is 46.8 Å². The van der Waals surface area contributed by atoms with Crippen LogP contribution >= 0.6 is 11.3 Å². The Morgan fingerprint density at radius 1 is 1.40 bits per heavy atom. The van der Waals surface area contributed by atoms with Crippen LogP contribution in [0.2, 0.25) is 0 Å². The van der Waals surface area contributed by atoms with Crippen LogP contribution in [-0.2, 0) is 12.8 Å². The van der Waals surface area contributed by atoms with Gasteiger partial charge in [0.1, 0.15) is 0 Å². The monoisotopic (exact) mass is 223 g/mol. The Labute approximate surface area is 94.7 Å². The van der Waals surface area contributed by atoms with E-state index in [1.165, 1.54) is 23.3 Å². The molecule has 15 heavy (non-hydrogen) atoms. The quantitative estimate of drug-likeness (QED) is 0.820. The maximum atomic E-state index is 11.8. The van der Waals surface area contributed by atoms with Crippen molar-refractivity contribution in [3.05, 3.63) is 21.4 Å². The maximum absolute atomic E-state index is 11.8. The third-order valence-electron chi connectivity index (χ3n) is 2.64. The Balaban J connectivity index is 2.15. The van der Waals surface area contributed by atoms with Crippen molar-refractivity contribution in [3.8, 4) is 0 Å². The second-order valence-electron chi connectivity index (χ2n) is 4.39. The van der Waals surface area contributed by atoms with E-state index in [1.54, 1.807) is 11.3 Å². The lowest BCUT2D eigenvalue weighted by Gasteiger charge is -2.08. The predicted octanol–water partition coefficient (Wildman–Crippen LogP) is 2.77. The minimum absolute atomic E-state index is 0.0874. The van der Waals surface area contributed by atoms with Gasteiger partial charge in [-0.25, -0.2) is 0 Å². The SMILES string of the molecule is CC(C)NC(=O)c1cc2c(s1)CCCC2. The van der Waals surface area contributed by atoms with Crippen LogP contribution in [0.25, 0.3) is 0 Å². The zero-order valence-electron chi connectivity index (χ0n) is 9.30. The van der Waals surface area contributed by atoms with Gasteiger partial charge >= 0.3 is 0 Å². The molecule has 0 radical (unpaired) electrons. The van der Waals surface area contributed by atoms with E-state index in [2.05, 4.69) is 11.4 Å². The van der Waals surface area contributed by atoms with Crippen molar-refractivity contribution in [2.24, 2.45) is 0 Å². The second kappa shape index (κ2) is 4.35. The summed E-state index contributed by atoms with van der Waals surface area (Å²) in [4.78, 5) is 14.1. The molecule has 0 saturated carbocycles. The Morgan fingerprint density at radius 3 is 2.80 bits per heavy atom. The Bertz CT molecular complexity index is 344. The lowest BCUT2D eigenvalue weighted by Crippen LogP contribution is -2.29. The van der Waals surface area contributed by atoms with Crippen LogP contribution in [0.5, 0.6) is 0 Å². The fourth-order valence-electron chi connectivity index (χ4n) is 1.94. The molecule has 1 aromatic heterocycles. The molecule has 0 fully saturated rings. The molecule has 0 spiro atoms. The van der Waals surface area contributed by atoms with Crippen LogP contribution in [0.15, 0.2) is 6.07 Å². The highest BCUT2D eigenvalue weighted by atomic mass is 32.1. The number of rotatable bonds is 2. The first-order chi connectivity index (χ1) is 7.16.